The maximum absolute atomic E-state index is 5.87. The molecule has 2 nitrogen and oxygen atoms in total. The molecular formula is C14H11ClN2S. The summed E-state index contributed by atoms with van der Waals surface area (Å²) in [6.45, 7) is 4.10. The smallest absolute Gasteiger partial charge is 0.222 e. The average molecular weight is 275 g/mol. The van der Waals surface area contributed by atoms with Crippen molar-refractivity contribution in [2.24, 2.45) is 0 Å². The molecule has 90 valence electrons. The van der Waals surface area contributed by atoms with E-state index in [1.807, 2.05) is 6.92 Å². The van der Waals surface area contributed by atoms with Crippen molar-refractivity contribution in [1.82, 2.24) is 9.97 Å². The summed E-state index contributed by atoms with van der Waals surface area (Å²) in [6.07, 6.45) is 1.76. The normalized spacial score (nSPS) is 11.1. The van der Waals surface area contributed by atoms with Crippen LogP contribution < -0.4 is 0 Å². The van der Waals surface area contributed by atoms with Crippen LogP contribution in [0.4, 0.5) is 0 Å². The maximum Gasteiger partial charge on any atom is 0.222 e. The second-order valence-corrected chi connectivity index (χ2v) is 5.74. The molecule has 1 aromatic carbocycles. The summed E-state index contributed by atoms with van der Waals surface area (Å²) in [5.41, 5.74) is 3.24. The molecule has 3 rings (SSSR count). The number of hydrogen-bond donors (Lipinski definition) is 0. The zero-order chi connectivity index (χ0) is 12.7. The van der Waals surface area contributed by atoms with Crippen molar-refractivity contribution < 1.29 is 0 Å². The molecule has 0 fully saturated rings. The topological polar surface area (TPSA) is 25.8 Å². The Labute approximate surface area is 114 Å². The molecule has 0 N–H and O–H groups in total. The maximum atomic E-state index is 5.87. The highest BCUT2D eigenvalue weighted by atomic mass is 35.5. The first-order valence-electron chi connectivity index (χ1n) is 5.63. The van der Waals surface area contributed by atoms with Gasteiger partial charge in [0.15, 0.2) is 0 Å². The molecule has 0 aliphatic rings. The van der Waals surface area contributed by atoms with Crippen LogP contribution in [0.2, 0.25) is 5.28 Å². The minimum absolute atomic E-state index is 0.296. The molecule has 0 saturated carbocycles. The molecule has 0 atom stereocenters. The molecule has 0 amide bonds. The van der Waals surface area contributed by atoms with E-state index in [0.717, 1.165) is 16.1 Å². The van der Waals surface area contributed by atoms with Gasteiger partial charge >= 0.3 is 0 Å². The van der Waals surface area contributed by atoms with Gasteiger partial charge in [0.05, 0.1) is 10.6 Å². The lowest BCUT2D eigenvalue weighted by Crippen LogP contribution is -1.89. The fraction of sp³-hybridized carbons (Fsp3) is 0.143. The van der Waals surface area contributed by atoms with Crippen LogP contribution in [0.3, 0.4) is 0 Å². The highest BCUT2D eigenvalue weighted by molar-refractivity contribution is 7.22. The Morgan fingerprint density at radius 1 is 1.17 bits per heavy atom. The average Bonchev–Trinajstić information content (AvgIpc) is 2.74. The molecular weight excluding hydrogens is 264 g/mol. The third kappa shape index (κ3) is 2.00. The molecule has 0 unspecified atom stereocenters. The van der Waals surface area contributed by atoms with Crippen molar-refractivity contribution in [1.29, 1.82) is 0 Å². The Morgan fingerprint density at radius 2 is 2.00 bits per heavy atom. The van der Waals surface area contributed by atoms with Crippen molar-refractivity contribution in [3.8, 4) is 10.6 Å². The number of nitrogens with zero attached hydrogens (tertiary/aromatic N) is 2. The minimum Gasteiger partial charge on any atom is -0.226 e. The SMILES string of the molecule is Cc1ccc2sc(-c3nc(Cl)ncc3C)cc2c1. The number of hydrogen-bond acceptors (Lipinski definition) is 3. The quantitative estimate of drug-likeness (QED) is 0.605. The highest BCUT2D eigenvalue weighted by Crippen LogP contribution is 2.34. The predicted octanol–water partition coefficient (Wildman–Crippen LogP) is 4.63. The zero-order valence-corrected chi connectivity index (χ0v) is 11.6. The number of fused-ring (bicyclic) bond motifs is 1. The predicted molar refractivity (Wildman–Crippen MR) is 77.3 cm³/mol. The Hall–Kier alpha value is -1.45. The fourth-order valence-electron chi connectivity index (χ4n) is 1.95. The van der Waals surface area contributed by atoms with Gasteiger partial charge in [-0.15, -0.1) is 11.3 Å². The van der Waals surface area contributed by atoms with Crippen LogP contribution in [0.5, 0.6) is 0 Å². The molecule has 0 bridgehead atoms. The van der Waals surface area contributed by atoms with Gasteiger partial charge in [-0.3, -0.25) is 0 Å². The summed E-state index contributed by atoms with van der Waals surface area (Å²) >= 11 is 7.61. The van der Waals surface area contributed by atoms with Gasteiger partial charge in [0.25, 0.3) is 0 Å². The second-order valence-electron chi connectivity index (χ2n) is 4.32. The number of benzene rings is 1. The Bertz CT molecular complexity index is 734. The molecule has 0 saturated heterocycles. The molecule has 3 aromatic rings. The van der Waals surface area contributed by atoms with E-state index in [2.05, 4.69) is 41.2 Å². The monoisotopic (exact) mass is 274 g/mol. The molecule has 0 radical (unpaired) electrons. The second kappa shape index (κ2) is 4.34. The Kier molecular flexibility index (Phi) is 2.80. The fourth-order valence-corrected chi connectivity index (χ4v) is 3.18. The van der Waals surface area contributed by atoms with Crippen LogP contribution in [-0.2, 0) is 0 Å². The molecule has 0 aliphatic carbocycles. The standard InChI is InChI=1S/C14H11ClN2S/c1-8-3-4-11-10(5-8)6-12(18-11)13-9(2)7-16-14(15)17-13/h3-7H,1-2H3. The number of aryl methyl sites for hydroxylation is 2. The molecule has 0 aliphatic heterocycles. The van der Waals surface area contributed by atoms with E-state index in [-0.39, 0.29) is 0 Å². The number of thiophene rings is 1. The number of halogens is 1. The van der Waals surface area contributed by atoms with Gasteiger partial charge in [0.2, 0.25) is 5.28 Å². The van der Waals surface area contributed by atoms with Crippen LogP contribution in [0.25, 0.3) is 20.7 Å². The van der Waals surface area contributed by atoms with Crippen molar-refractivity contribution in [2.75, 3.05) is 0 Å². The summed E-state index contributed by atoms with van der Waals surface area (Å²) in [5.74, 6) is 0. The summed E-state index contributed by atoms with van der Waals surface area (Å²) < 4.78 is 1.27. The first kappa shape index (κ1) is 11.6. The third-order valence-electron chi connectivity index (χ3n) is 2.85. The van der Waals surface area contributed by atoms with Gasteiger partial charge < -0.3 is 0 Å². The molecule has 4 heteroatoms. The lowest BCUT2D eigenvalue weighted by Gasteiger charge is -2.00. The Balaban J connectivity index is 2.22. The van der Waals surface area contributed by atoms with Crippen LogP contribution in [0.15, 0.2) is 30.5 Å². The summed E-state index contributed by atoms with van der Waals surface area (Å²) in [7, 11) is 0. The van der Waals surface area contributed by atoms with E-state index in [9.17, 15) is 0 Å². The molecule has 18 heavy (non-hydrogen) atoms. The molecule has 0 spiro atoms. The highest BCUT2D eigenvalue weighted by Gasteiger charge is 2.09. The summed E-state index contributed by atoms with van der Waals surface area (Å²) in [4.78, 5) is 9.45. The van der Waals surface area contributed by atoms with E-state index in [1.54, 1.807) is 17.5 Å². The van der Waals surface area contributed by atoms with E-state index in [1.165, 1.54) is 15.6 Å². The first-order valence-corrected chi connectivity index (χ1v) is 6.82. The van der Waals surface area contributed by atoms with Gasteiger partial charge in [-0.1, -0.05) is 17.7 Å². The molecule has 2 aromatic heterocycles. The van der Waals surface area contributed by atoms with Crippen molar-refractivity contribution >= 4 is 33.0 Å². The number of aromatic nitrogens is 2. The van der Waals surface area contributed by atoms with E-state index < -0.39 is 0 Å². The number of rotatable bonds is 1. The zero-order valence-electron chi connectivity index (χ0n) is 10.1. The largest absolute Gasteiger partial charge is 0.226 e. The van der Waals surface area contributed by atoms with E-state index in [4.69, 9.17) is 11.6 Å². The minimum atomic E-state index is 0.296. The van der Waals surface area contributed by atoms with Crippen molar-refractivity contribution in [2.45, 2.75) is 13.8 Å². The van der Waals surface area contributed by atoms with Crippen LogP contribution in [0.1, 0.15) is 11.1 Å². The first-order chi connectivity index (χ1) is 8.63. The summed E-state index contributed by atoms with van der Waals surface area (Å²) in [5, 5.41) is 1.55. The van der Waals surface area contributed by atoms with Crippen LogP contribution in [-0.4, -0.2) is 9.97 Å². The van der Waals surface area contributed by atoms with Crippen LogP contribution >= 0.6 is 22.9 Å². The van der Waals surface area contributed by atoms with Gasteiger partial charge in [-0.2, -0.15) is 0 Å². The lowest BCUT2D eigenvalue weighted by molar-refractivity contribution is 1.14. The van der Waals surface area contributed by atoms with Gasteiger partial charge in [-0.25, -0.2) is 9.97 Å². The van der Waals surface area contributed by atoms with E-state index >= 15 is 0 Å². The van der Waals surface area contributed by atoms with Crippen LogP contribution in [0, 0.1) is 13.8 Å². The molecule has 2 heterocycles. The van der Waals surface area contributed by atoms with Crippen molar-refractivity contribution in [3.05, 3.63) is 46.9 Å². The lowest BCUT2D eigenvalue weighted by atomic mass is 10.1. The van der Waals surface area contributed by atoms with E-state index in [0.29, 0.717) is 5.28 Å². The van der Waals surface area contributed by atoms with Gasteiger partial charge in [-0.05, 0) is 48.5 Å². The van der Waals surface area contributed by atoms with Gasteiger partial charge in [0, 0.05) is 10.9 Å². The van der Waals surface area contributed by atoms with Gasteiger partial charge in [0.1, 0.15) is 0 Å². The third-order valence-corrected chi connectivity index (χ3v) is 4.15. The Morgan fingerprint density at radius 3 is 2.83 bits per heavy atom. The van der Waals surface area contributed by atoms with Crippen molar-refractivity contribution in [3.63, 3.8) is 0 Å². The summed E-state index contributed by atoms with van der Waals surface area (Å²) in [6, 6.07) is 8.63.